The third-order valence-corrected chi connectivity index (χ3v) is 2.98. The minimum absolute atomic E-state index is 0.0332. The molecule has 1 unspecified atom stereocenters. The number of carbonyl (C=O) groups excluding carboxylic acids is 1. The average molecular weight is 266 g/mol. The van der Waals surface area contributed by atoms with E-state index in [1.54, 1.807) is 0 Å². The van der Waals surface area contributed by atoms with Gasteiger partial charge >= 0.3 is 12.0 Å². The molecule has 0 fully saturated rings. The maximum Gasteiger partial charge on any atom is 0.323 e. The minimum atomic E-state index is -1.09. The lowest BCUT2D eigenvalue weighted by Crippen LogP contribution is -2.43. The number of hydrogen-bond donors (Lipinski definition) is 2. The lowest BCUT2D eigenvalue weighted by molar-refractivity contribution is -0.137. The van der Waals surface area contributed by atoms with E-state index in [9.17, 15) is 9.59 Å². The van der Waals surface area contributed by atoms with Gasteiger partial charge < -0.3 is 15.3 Å². The Labute approximate surface area is 109 Å². The Kier molecular flexibility index (Phi) is 5.21. The van der Waals surface area contributed by atoms with Crippen LogP contribution in [-0.4, -0.2) is 35.1 Å². The number of rotatable bonds is 5. The van der Waals surface area contributed by atoms with Crippen molar-refractivity contribution >= 4 is 23.3 Å². The highest BCUT2D eigenvalue weighted by molar-refractivity contribution is 7.07. The fourth-order valence-corrected chi connectivity index (χ4v) is 2.11. The van der Waals surface area contributed by atoms with Crippen LogP contribution in [0.25, 0.3) is 0 Å². The second kappa shape index (κ2) is 6.67. The molecule has 18 heavy (non-hydrogen) atoms. The molecular weight excluding hydrogens is 252 g/mol. The number of hydrogen-bond acceptors (Lipinski definition) is 3. The molecule has 96 valence electrons. The van der Waals surface area contributed by atoms with Crippen LogP contribution in [0.15, 0.2) is 16.8 Å². The quantitative estimate of drug-likeness (QED) is 0.794. The van der Waals surface area contributed by atoms with Crippen molar-refractivity contribution in [2.75, 3.05) is 13.1 Å². The van der Waals surface area contributed by atoms with E-state index in [2.05, 4.69) is 11.2 Å². The largest absolute Gasteiger partial charge is 0.480 e. The van der Waals surface area contributed by atoms with Gasteiger partial charge in [-0.1, -0.05) is 5.92 Å². The summed E-state index contributed by atoms with van der Waals surface area (Å²) in [6.45, 7) is 1.38. The number of carboxylic acid groups (broad SMARTS) is 1. The predicted molar refractivity (Wildman–Crippen MR) is 69.3 cm³/mol. The Bertz CT molecular complexity index is 450. The van der Waals surface area contributed by atoms with Crippen molar-refractivity contribution in [1.82, 2.24) is 10.2 Å². The van der Waals surface area contributed by atoms with Crippen LogP contribution in [0.5, 0.6) is 0 Å². The predicted octanol–water partition coefficient (Wildman–Crippen LogP) is 1.54. The third kappa shape index (κ3) is 4.11. The summed E-state index contributed by atoms with van der Waals surface area (Å²) in [5.74, 6) is 1.17. The van der Waals surface area contributed by atoms with E-state index in [1.807, 2.05) is 23.8 Å². The van der Waals surface area contributed by atoms with Crippen LogP contribution in [0.1, 0.15) is 18.5 Å². The van der Waals surface area contributed by atoms with E-state index in [-0.39, 0.29) is 12.6 Å². The number of carboxylic acids is 1. The highest BCUT2D eigenvalue weighted by Gasteiger charge is 2.18. The monoisotopic (exact) mass is 266 g/mol. The lowest BCUT2D eigenvalue weighted by Gasteiger charge is -2.21. The van der Waals surface area contributed by atoms with Gasteiger partial charge in [0.05, 0.1) is 12.6 Å². The van der Waals surface area contributed by atoms with Gasteiger partial charge in [0.2, 0.25) is 0 Å². The zero-order valence-corrected chi connectivity index (χ0v) is 10.7. The number of terminal acetylenes is 1. The standard InChI is InChI=1S/C12H14N2O3S/c1-3-5-14(7-11(15)16)12(17)13-9(2)10-4-6-18-8-10/h1,4,6,8-9H,5,7H2,2H3,(H,13,17)(H,15,16). The summed E-state index contributed by atoms with van der Waals surface area (Å²) in [5.41, 5.74) is 0.976. The van der Waals surface area contributed by atoms with Gasteiger partial charge in [-0.15, -0.1) is 6.42 Å². The van der Waals surface area contributed by atoms with Crippen LogP contribution < -0.4 is 5.32 Å². The van der Waals surface area contributed by atoms with Gasteiger partial charge in [-0.2, -0.15) is 11.3 Å². The molecule has 0 aliphatic carbocycles. The highest BCUT2D eigenvalue weighted by atomic mass is 32.1. The van der Waals surface area contributed by atoms with Gasteiger partial charge in [-0.05, 0) is 29.3 Å². The summed E-state index contributed by atoms with van der Waals surface area (Å²) < 4.78 is 0. The van der Waals surface area contributed by atoms with Crippen molar-refractivity contribution in [2.24, 2.45) is 0 Å². The van der Waals surface area contributed by atoms with Crippen molar-refractivity contribution in [2.45, 2.75) is 13.0 Å². The summed E-state index contributed by atoms with van der Waals surface area (Å²) in [6.07, 6.45) is 5.11. The molecule has 2 amide bonds. The zero-order chi connectivity index (χ0) is 13.5. The van der Waals surface area contributed by atoms with Crippen LogP contribution in [-0.2, 0) is 4.79 Å². The first-order valence-electron chi connectivity index (χ1n) is 5.27. The topological polar surface area (TPSA) is 69.6 Å². The second-order valence-corrected chi connectivity index (χ2v) is 4.46. The Morgan fingerprint density at radius 3 is 2.89 bits per heavy atom. The van der Waals surface area contributed by atoms with Crippen molar-refractivity contribution in [3.63, 3.8) is 0 Å². The van der Waals surface area contributed by atoms with Crippen molar-refractivity contribution in [3.05, 3.63) is 22.4 Å². The molecule has 1 rings (SSSR count). The van der Waals surface area contributed by atoms with Gasteiger partial charge in [-0.25, -0.2) is 4.79 Å². The number of urea groups is 1. The average Bonchev–Trinajstić information content (AvgIpc) is 2.81. The molecule has 0 saturated heterocycles. The van der Waals surface area contributed by atoms with Gasteiger partial charge in [0.25, 0.3) is 0 Å². The molecule has 0 saturated carbocycles. The number of amides is 2. The molecule has 0 aliphatic heterocycles. The van der Waals surface area contributed by atoms with E-state index >= 15 is 0 Å². The third-order valence-electron chi connectivity index (χ3n) is 2.28. The van der Waals surface area contributed by atoms with Crippen LogP contribution in [0.3, 0.4) is 0 Å². The highest BCUT2D eigenvalue weighted by Crippen LogP contribution is 2.15. The minimum Gasteiger partial charge on any atom is -0.480 e. The number of aliphatic carboxylic acids is 1. The van der Waals surface area contributed by atoms with Gasteiger partial charge in [-0.3, -0.25) is 4.79 Å². The number of nitrogens with zero attached hydrogens (tertiary/aromatic N) is 1. The molecule has 1 aromatic heterocycles. The first-order valence-corrected chi connectivity index (χ1v) is 6.21. The maximum absolute atomic E-state index is 11.8. The molecule has 6 heteroatoms. The van der Waals surface area contributed by atoms with E-state index in [4.69, 9.17) is 11.5 Å². The molecule has 0 radical (unpaired) electrons. The van der Waals surface area contributed by atoms with Crippen molar-refractivity contribution in [1.29, 1.82) is 0 Å². The Hall–Kier alpha value is -2.00. The SMILES string of the molecule is C#CCN(CC(=O)O)C(=O)NC(C)c1ccsc1. The summed E-state index contributed by atoms with van der Waals surface area (Å²) in [5, 5.41) is 15.2. The number of carbonyl (C=O) groups is 2. The van der Waals surface area contributed by atoms with E-state index in [1.165, 1.54) is 11.3 Å². The summed E-state index contributed by atoms with van der Waals surface area (Å²) in [4.78, 5) is 23.5. The summed E-state index contributed by atoms with van der Waals surface area (Å²) in [7, 11) is 0. The van der Waals surface area contributed by atoms with Gasteiger partial charge in [0.1, 0.15) is 6.54 Å². The first kappa shape index (κ1) is 14.1. The number of thiophene rings is 1. The summed E-state index contributed by atoms with van der Waals surface area (Å²) in [6, 6.07) is 1.24. The number of nitrogens with one attached hydrogen (secondary N) is 1. The Balaban J connectivity index is 2.61. The van der Waals surface area contributed by atoms with Crippen molar-refractivity contribution in [3.8, 4) is 12.3 Å². The first-order chi connectivity index (χ1) is 8.54. The Morgan fingerprint density at radius 1 is 1.67 bits per heavy atom. The molecular formula is C12H14N2O3S. The summed E-state index contributed by atoms with van der Waals surface area (Å²) >= 11 is 1.53. The molecule has 2 N–H and O–H groups in total. The molecule has 0 aliphatic rings. The Morgan fingerprint density at radius 2 is 2.39 bits per heavy atom. The van der Waals surface area contributed by atoms with Crippen molar-refractivity contribution < 1.29 is 14.7 Å². The molecule has 1 heterocycles. The molecule has 1 aromatic rings. The van der Waals surface area contributed by atoms with Crippen LogP contribution in [0.4, 0.5) is 4.79 Å². The van der Waals surface area contributed by atoms with Gasteiger partial charge in [0.15, 0.2) is 0 Å². The second-order valence-electron chi connectivity index (χ2n) is 3.68. The zero-order valence-electron chi connectivity index (χ0n) is 9.92. The molecule has 1 atom stereocenters. The fraction of sp³-hybridized carbons (Fsp3) is 0.333. The van der Waals surface area contributed by atoms with Crippen LogP contribution in [0, 0.1) is 12.3 Å². The fourth-order valence-electron chi connectivity index (χ4n) is 1.35. The lowest BCUT2D eigenvalue weighted by atomic mass is 10.2. The van der Waals surface area contributed by atoms with E-state index < -0.39 is 18.5 Å². The maximum atomic E-state index is 11.8. The molecule has 0 spiro atoms. The van der Waals surface area contributed by atoms with Crippen LogP contribution in [0.2, 0.25) is 0 Å². The molecule has 0 aromatic carbocycles. The van der Waals surface area contributed by atoms with Crippen LogP contribution >= 0.6 is 11.3 Å². The van der Waals surface area contributed by atoms with E-state index in [0.717, 1.165) is 10.5 Å². The van der Waals surface area contributed by atoms with E-state index in [0.29, 0.717) is 0 Å². The normalized spacial score (nSPS) is 11.3. The van der Waals surface area contributed by atoms with Gasteiger partial charge in [0, 0.05) is 0 Å². The molecule has 0 bridgehead atoms. The molecule has 5 nitrogen and oxygen atoms in total. The smallest absolute Gasteiger partial charge is 0.323 e.